The van der Waals surface area contributed by atoms with Gasteiger partial charge in [0, 0.05) is 11.8 Å². The largest absolute Gasteiger partial charge is 0.506 e. The Balaban J connectivity index is 2.35. The number of hydrogen-bond acceptors (Lipinski definition) is 2. The maximum absolute atomic E-state index is 12.6. The van der Waals surface area contributed by atoms with E-state index in [2.05, 4.69) is 20.9 Å². The maximum Gasteiger partial charge on any atom is 0.416 e. The number of phenols is 1. The molecule has 0 bridgehead atoms. The van der Waals surface area contributed by atoms with Crippen molar-refractivity contribution in [3.63, 3.8) is 0 Å². The van der Waals surface area contributed by atoms with Gasteiger partial charge in [-0.15, -0.1) is 0 Å². The minimum absolute atomic E-state index is 0.00242. The molecule has 0 saturated carbocycles. The Hall–Kier alpha value is -1.53. The average molecular weight is 393 g/mol. The zero-order valence-corrected chi connectivity index (χ0v) is 13.6. The fourth-order valence-electron chi connectivity index (χ4n) is 1.79. The van der Waals surface area contributed by atoms with E-state index in [0.717, 1.165) is 17.7 Å². The van der Waals surface area contributed by atoms with Gasteiger partial charge in [0.25, 0.3) is 0 Å². The summed E-state index contributed by atoms with van der Waals surface area (Å²) in [6.45, 7) is 1.84. The van der Waals surface area contributed by atoms with Crippen LogP contribution in [0, 0.1) is 6.92 Å². The highest BCUT2D eigenvalue weighted by Gasteiger charge is 2.30. The van der Waals surface area contributed by atoms with Crippen LogP contribution in [0.25, 0.3) is 0 Å². The van der Waals surface area contributed by atoms with Crippen molar-refractivity contribution < 1.29 is 18.3 Å². The Labute approximate surface area is 138 Å². The van der Waals surface area contributed by atoms with Crippen molar-refractivity contribution in [3.05, 3.63) is 56.5 Å². The molecular weight excluding hydrogens is 383 g/mol. The molecule has 0 unspecified atom stereocenters. The van der Waals surface area contributed by atoms with Gasteiger partial charge in [-0.3, -0.25) is 4.99 Å². The Kier molecular flexibility index (Phi) is 4.82. The van der Waals surface area contributed by atoms with E-state index in [0.29, 0.717) is 10.0 Å². The molecule has 0 amide bonds. The number of phenolic OH excluding ortho intramolecular Hbond substituents is 1. The number of alkyl halides is 3. The minimum Gasteiger partial charge on any atom is -0.506 e. The summed E-state index contributed by atoms with van der Waals surface area (Å²) in [5.74, 6) is -0.00242. The van der Waals surface area contributed by atoms with Crippen LogP contribution >= 0.6 is 27.5 Å². The standard InChI is InChI=1S/C15H10BrClF3NO/c1-8-4-9(14(22)11(16)5-8)7-21-13-3-2-10(6-12(13)17)15(18,19)20/h2-7,22H,1H3/b21-7+. The quantitative estimate of drug-likeness (QED) is 0.635. The van der Waals surface area contributed by atoms with E-state index in [-0.39, 0.29) is 16.5 Å². The molecule has 0 spiro atoms. The highest BCUT2D eigenvalue weighted by Crippen LogP contribution is 2.35. The first kappa shape index (κ1) is 16.8. The van der Waals surface area contributed by atoms with Crippen LogP contribution in [0.5, 0.6) is 5.75 Å². The van der Waals surface area contributed by atoms with E-state index < -0.39 is 11.7 Å². The lowest BCUT2D eigenvalue weighted by molar-refractivity contribution is -0.137. The molecule has 2 aromatic rings. The van der Waals surface area contributed by atoms with Crippen LogP contribution in [-0.2, 0) is 6.18 Å². The van der Waals surface area contributed by atoms with Gasteiger partial charge in [0.1, 0.15) is 5.75 Å². The molecule has 0 radical (unpaired) electrons. The lowest BCUT2D eigenvalue weighted by atomic mass is 10.1. The molecular formula is C15H10BrClF3NO. The van der Waals surface area contributed by atoms with Crippen LogP contribution in [0.1, 0.15) is 16.7 Å². The lowest BCUT2D eigenvalue weighted by Gasteiger charge is -2.08. The first-order valence-electron chi connectivity index (χ1n) is 6.08. The summed E-state index contributed by atoms with van der Waals surface area (Å²) in [6.07, 6.45) is -3.10. The van der Waals surface area contributed by atoms with E-state index in [4.69, 9.17) is 11.6 Å². The van der Waals surface area contributed by atoms with Crippen LogP contribution in [0.15, 0.2) is 39.8 Å². The lowest BCUT2D eigenvalue weighted by Crippen LogP contribution is -2.04. The summed E-state index contributed by atoms with van der Waals surface area (Å²) < 4.78 is 38.2. The van der Waals surface area contributed by atoms with Crippen molar-refractivity contribution in [2.24, 2.45) is 4.99 Å². The van der Waals surface area contributed by atoms with Gasteiger partial charge >= 0.3 is 6.18 Å². The zero-order valence-electron chi connectivity index (χ0n) is 11.2. The maximum atomic E-state index is 12.6. The molecule has 0 aliphatic rings. The average Bonchev–Trinajstić information content (AvgIpc) is 2.41. The third kappa shape index (κ3) is 3.81. The first-order valence-corrected chi connectivity index (χ1v) is 7.25. The summed E-state index contributed by atoms with van der Waals surface area (Å²) in [6, 6.07) is 6.34. The molecule has 0 atom stereocenters. The molecule has 0 aromatic heterocycles. The second-order valence-corrected chi connectivity index (χ2v) is 5.87. The van der Waals surface area contributed by atoms with E-state index in [9.17, 15) is 18.3 Å². The van der Waals surface area contributed by atoms with Crippen LogP contribution in [0.3, 0.4) is 0 Å². The van der Waals surface area contributed by atoms with E-state index in [1.54, 1.807) is 12.1 Å². The third-order valence-electron chi connectivity index (χ3n) is 2.85. The fraction of sp³-hybridized carbons (Fsp3) is 0.133. The Bertz CT molecular complexity index is 744. The number of nitrogens with zero attached hydrogens (tertiary/aromatic N) is 1. The van der Waals surface area contributed by atoms with Gasteiger partial charge in [-0.2, -0.15) is 13.2 Å². The van der Waals surface area contributed by atoms with Crippen molar-refractivity contribution in [1.29, 1.82) is 0 Å². The molecule has 0 aliphatic carbocycles. The number of hydrogen-bond donors (Lipinski definition) is 1. The van der Waals surface area contributed by atoms with Crippen molar-refractivity contribution in [3.8, 4) is 5.75 Å². The van der Waals surface area contributed by atoms with Gasteiger partial charge < -0.3 is 5.11 Å². The Morgan fingerprint density at radius 1 is 1.23 bits per heavy atom. The number of rotatable bonds is 2. The van der Waals surface area contributed by atoms with E-state index in [1.165, 1.54) is 12.3 Å². The predicted molar refractivity (Wildman–Crippen MR) is 84.3 cm³/mol. The van der Waals surface area contributed by atoms with Crippen molar-refractivity contribution in [1.82, 2.24) is 0 Å². The molecule has 0 aliphatic heterocycles. The molecule has 116 valence electrons. The Morgan fingerprint density at radius 2 is 1.91 bits per heavy atom. The molecule has 7 heteroatoms. The second kappa shape index (κ2) is 6.30. The number of aryl methyl sites for hydroxylation is 1. The molecule has 22 heavy (non-hydrogen) atoms. The van der Waals surface area contributed by atoms with Crippen molar-refractivity contribution >= 4 is 39.4 Å². The molecule has 2 aromatic carbocycles. The highest BCUT2D eigenvalue weighted by atomic mass is 79.9. The summed E-state index contributed by atoms with van der Waals surface area (Å²) in [5.41, 5.74) is 0.678. The van der Waals surface area contributed by atoms with E-state index in [1.807, 2.05) is 6.92 Å². The molecule has 2 rings (SSSR count). The summed E-state index contributed by atoms with van der Waals surface area (Å²) >= 11 is 9.02. The minimum atomic E-state index is -4.45. The first-order chi connectivity index (χ1) is 10.2. The van der Waals surface area contributed by atoms with Gasteiger partial charge in [0.05, 0.1) is 20.7 Å². The molecule has 1 N–H and O–H groups in total. The van der Waals surface area contributed by atoms with Crippen molar-refractivity contribution in [2.75, 3.05) is 0 Å². The van der Waals surface area contributed by atoms with Crippen LogP contribution in [0.2, 0.25) is 5.02 Å². The summed E-state index contributed by atoms with van der Waals surface area (Å²) in [7, 11) is 0. The predicted octanol–water partition coefficient (Wildman–Crippen LogP) is 5.89. The molecule has 2 nitrogen and oxygen atoms in total. The van der Waals surface area contributed by atoms with Gasteiger partial charge in [-0.25, -0.2) is 0 Å². The number of aromatic hydroxyl groups is 1. The highest BCUT2D eigenvalue weighted by molar-refractivity contribution is 9.10. The molecule has 0 saturated heterocycles. The van der Waals surface area contributed by atoms with Gasteiger partial charge in [0.2, 0.25) is 0 Å². The van der Waals surface area contributed by atoms with Crippen LogP contribution in [-0.4, -0.2) is 11.3 Å². The van der Waals surface area contributed by atoms with Crippen LogP contribution in [0.4, 0.5) is 18.9 Å². The van der Waals surface area contributed by atoms with Crippen LogP contribution < -0.4 is 0 Å². The number of halogens is 5. The molecule has 0 heterocycles. The SMILES string of the molecule is Cc1cc(Br)c(O)c(/C=N/c2ccc(C(F)(F)F)cc2Cl)c1. The van der Waals surface area contributed by atoms with Gasteiger partial charge in [0.15, 0.2) is 0 Å². The second-order valence-electron chi connectivity index (χ2n) is 4.61. The topological polar surface area (TPSA) is 32.6 Å². The summed E-state index contributed by atoms with van der Waals surface area (Å²) in [4.78, 5) is 4.04. The number of benzene rings is 2. The smallest absolute Gasteiger partial charge is 0.416 e. The van der Waals surface area contributed by atoms with Gasteiger partial charge in [-0.05, 0) is 58.7 Å². The van der Waals surface area contributed by atoms with Crippen molar-refractivity contribution in [2.45, 2.75) is 13.1 Å². The zero-order chi connectivity index (χ0) is 16.5. The van der Waals surface area contributed by atoms with Gasteiger partial charge in [-0.1, -0.05) is 11.6 Å². The fourth-order valence-corrected chi connectivity index (χ4v) is 2.61. The Morgan fingerprint density at radius 3 is 2.50 bits per heavy atom. The molecule has 0 fully saturated rings. The van der Waals surface area contributed by atoms with E-state index >= 15 is 0 Å². The third-order valence-corrected chi connectivity index (χ3v) is 3.76. The summed E-state index contributed by atoms with van der Waals surface area (Å²) in [5, 5.41) is 9.79. The number of aliphatic imine (C=N–C) groups is 1. The normalized spacial score (nSPS) is 12.1. The monoisotopic (exact) mass is 391 g/mol.